The summed E-state index contributed by atoms with van der Waals surface area (Å²) in [5.41, 5.74) is 5.77. The number of rotatable bonds is 6. The van der Waals surface area contributed by atoms with Gasteiger partial charge in [0.05, 0.1) is 22.3 Å². The largest absolute Gasteiger partial charge is 0.481 e. The normalized spacial score (nSPS) is 10.8. The number of carboxylic acid groups (broad SMARTS) is 1. The third-order valence-electron chi connectivity index (χ3n) is 5.35. The number of nitrogens with one attached hydrogen (secondary N) is 2. The third kappa shape index (κ3) is 5.17. The van der Waals surface area contributed by atoms with Crippen molar-refractivity contribution < 1.29 is 14.7 Å². The number of urea groups is 1. The molecule has 0 unspecified atom stereocenters. The first-order valence-electron chi connectivity index (χ1n) is 10.8. The van der Waals surface area contributed by atoms with Crippen molar-refractivity contribution in [1.82, 2.24) is 15.0 Å². The van der Waals surface area contributed by atoms with Crippen molar-refractivity contribution in [2.24, 2.45) is 0 Å². The van der Waals surface area contributed by atoms with Crippen LogP contribution in [-0.2, 0) is 11.2 Å². The Hall–Kier alpha value is -4.34. The fourth-order valence-electron chi connectivity index (χ4n) is 3.70. The second kappa shape index (κ2) is 10.1. The molecule has 178 valence electrons. The molecule has 0 aliphatic rings. The molecular formula is C26H18ClN5O3S. The van der Waals surface area contributed by atoms with Crippen molar-refractivity contribution in [2.75, 3.05) is 10.6 Å². The highest BCUT2D eigenvalue weighted by molar-refractivity contribution is 7.18. The maximum absolute atomic E-state index is 12.3. The molecule has 36 heavy (non-hydrogen) atoms. The van der Waals surface area contributed by atoms with Gasteiger partial charge in [-0.3, -0.25) is 10.1 Å². The van der Waals surface area contributed by atoms with Crippen LogP contribution in [0.3, 0.4) is 0 Å². The van der Waals surface area contributed by atoms with E-state index in [-0.39, 0.29) is 6.42 Å². The number of hydrogen-bond acceptors (Lipinski definition) is 6. The fourth-order valence-corrected chi connectivity index (χ4v) is 4.90. The molecule has 0 aliphatic heterocycles. The lowest BCUT2D eigenvalue weighted by Crippen LogP contribution is -2.19. The van der Waals surface area contributed by atoms with Crippen molar-refractivity contribution in [3.63, 3.8) is 0 Å². The number of halogens is 1. The van der Waals surface area contributed by atoms with Crippen LogP contribution in [0.4, 0.5) is 16.3 Å². The van der Waals surface area contributed by atoms with E-state index in [4.69, 9.17) is 16.7 Å². The minimum absolute atomic E-state index is 0.0129. The van der Waals surface area contributed by atoms with Gasteiger partial charge in [-0.25, -0.2) is 19.7 Å². The van der Waals surface area contributed by atoms with E-state index in [0.717, 1.165) is 38.2 Å². The molecule has 5 aromatic rings. The van der Waals surface area contributed by atoms with Crippen molar-refractivity contribution >= 4 is 56.7 Å². The van der Waals surface area contributed by atoms with E-state index in [0.29, 0.717) is 16.5 Å². The number of hydrogen-bond donors (Lipinski definition) is 3. The standard InChI is InChI=1S/C26H18ClN5O3S/c27-18-9-10-28-21(12-18)32-26(35)31-19-7-5-17(6-8-19)23-25-24(30-14-29-23)20(13-36-25)16-3-1-15(2-4-16)11-22(33)34/h1-10,12-14H,11H2,(H,33,34)(H2,28,31,32,35). The number of nitrogens with zero attached hydrogens (tertiary/aromatic N) is 3. The molecule has 0 atom stereocenters. The van der Waals surface area contributed by atoms with Crippen molar-refractivity contribution in [3.8, 4) is 22.4 Å². The van der Waals surface area contributed by atoms with Crippen LogP contribution >= 0.6 is 22.9 Å². The zero-order chi connectivity index (χ0) is 25.1. The molecule has 0 spiro atoms. The topological polar surface area (TPSA) is 117 Å². The second-order valence-corrected chi connectivity index (χ2v) is 9.15. The Morgan fingerprint density at radius 1 is 0.917 bits per heavy atom. The fraction of sp³-hybridized carbons (Fsp3) is 0.0385. The van der Waals surface area contributed by atoms with Crippen molar-refractivity contribution in [3.05, 3.63) is 89.2 Å². The van der Waals surface area contributed by atoms with Crippen LogP contribution in [0.15, 0.2) is 78.6 Å². The van der Waals surface area contributed by atoms with Crippen LogP contribution in [0, 0.1) is 0 Å². The van der Waals surface area contributed by atoms with Gasteiger partial charge < -0.3 is 10.4 Å². The van der Waals surface area contributed by atoms with Crippen molar-refractivity contribution in [2.45, 2.75) is 6.42 Å². The molecule has 3 aromatic heterocycles. The summed E-state index contributed by atoms with van der Waals surface area (Å²) in [6, 6.07) is 17.6. The van der Waals surface area contributed by atoms with Crippen LogP contribution in [0.1, 0.15) is 5.56 Å². The average molecular weight is 516 g/mol. The highest BCUT2D eigenvalue weighted by atomic mass is 35.5. The monoisotopic (exact) mass is 515 g/mol. The van der Waals surface area contributed by atoms with Gasteiger partial charge in [0.25, 0.3) is 0 Å². The summed E-state index contributed by atoms with van der Waals surface area (Å²) >= 11 is 7.47. The van der Waals surface area contributed by atoms with E-state index in [1.54, 1.807) is 35.6 Å². The van der Waals surface area contributed by atoms with Gasteiger partial charge in [-0.05, 0) is 35.4 Å². The first-order valence-corrected chi connectivity index (χ1v) is 12.1. The molecule has 10 heteroatoms. The summed E-state index contributed by atoms with van der Waals surface area (Å²) in [4.78, 5) is 36.3. The minimum Gasteiger partial charge on any atom is -0.481 e. The molecule has 2 amide bonds. The number of aliphatic carboxylic acids is 1. The van der Waals surface area contributed by atoms with Gasteiger partial charge >= 0.3 is 12.0 Å². The molecule has 5 rings (SSSR count). The number of carboxylic acids is 1. The molecule has 2 aromatic carbocycles. The Labute approximate surface area is 214 Å². The SMILES string of the molecule is O=C(O)Cc1ccc(-c2csc3c(-c4ccc(NC(=O)Nc5cc(Cl)ccn5)cc4)ncnc23)cc1. The Morgan fingerprint density at radius 3 is 2.39 bits per heavy atom. The lowest BCUT2D eigenvalue weighted by molar-refractivity contribution is -0.136. The lowest BCUT2D eigenvalue weighted by atomic mass is 10.0. The summed E-state index contributed by atoms with van der Waals surface area (Å²) < 4.78 is 0.938. The number of benzene rings is 2. The number of fused-ring (bicyclic) bond motifs is 1. The van der Waals surface area contributed by atoms with Gasteiger partial charge in [0.2, 0.25) is 0 Å². The number of carbonyl (C=O) groups is 2. The van der Waals surface area contributed by atoms with Crippen LogP contribution in [0.2, 0.25) is 5.02 Å². The predicted molar refractivity (Wildman–Crippen MR) is 142 cm³/mol. The molecule has 3 heterocycles. The molecular weight excluding hydrogens is 498 g/mol. The number of pyridine rings is 1. The maximum Gasteiger partial charge on any atom is 0.324 e. The highest BCUT2D eigenvalue weighted by Crippen LogP contribution is 2.37. The lowest BCUT2D eigenvalue weighted by Gasteiger charge is -2.08. The number of aromatic nitrogens is 3. The summed E-state index contributed by atoms with van der Waals surface area (Å²) in [5.74, 6) is -0.508. The van der Waals surface area contributed by atoms with Gasteiger partial charge in [0.1, 0.15) is 12.1 Å². The third-order valence-corrected chi connectivity index (χ3v) is 6.56. The zero-order valence-corrected chi connectivity index (χ0v) is 20.2. The summed E-state index contributed by atoms with van der Waals surface area (Å²) in [5, 5.41) is 16.9. The quantitative estimate of drug-likeness (QED) is 0.243. The Bertz CT molecular complexity index is 1570. The van der Waals surface area contributed by atoms with E-state index < -0.39 is 12.0 Å². The Kier molecular flexibility index (Phi) is 6.57. The maximum atomic E-state index is 12.3. The first kappa shape index (κ1) is 23.4. The van der Waals surface area contributed by atoms with Gasteiger partial charge in [-0.2, -0.15) is 0 Å². The molecule has 0 saturated carbocycles. The van der Waals surface area contributed by atoms with Crippen LogP contribution < -0.4 is 10.6 Å². The molecule has 0 saturated heterocycles. The van der Waals surface area contributed by atoms with Gasteiger partial charge in [0.15, 0.2) is 0 Å². The second-order valence-electron chi connectivity index (χ2n) is 7.83. The van der Waals surface area contributed by atoms with Crippen LogP contribution in [0.25, 0.3) is 32.6 Å². The smallest absolute Gasteiger partial charge is 0.324 e. The van der Waals surface area contributed by atoms with E-state index in [1.165, 1.54) is 12.5 Å². The number of amides is 2. The van der Waals surface area contributed by atoms with E-state index in [9.17, 15) is 9.59 Å². The van der Waals surface area contributed by atoms with Crippen LogP contribution in [0.5, 0.6) is 0 Å². The van der Waals surface area contributed by atoms with Gasteiger partial charge in [-0.15, -0.1) is 11.3 Å². The molecule has 8 nitrogen and oxygen atoms in total. The number of anilines is 2. The van der Waals surface area contributed by atoms with E-state index in [1.807, 2.05) is 41.8 Å². The van der Waals surface area contributed by atoms with Crippen molar-refractivity contribution in [1.29, 1.82) is 0 Å². The predicted octanol–water partition coefficient (Wildman–Crippen LogP) is 6.34. The molecule has 0 fully saturated rings. The molecule has 0 bridgehead atoms. The summed E-state index contributed by atoms with van der Waals surface area (Å²) in [6.07, 6.45) is 3.03. The average Bonchev–Trinajstić information content (AvgIpc) is 3.29. The highest BCUT2D eigenvalue weighted by Gasteiger charge is 2.14. The van der Waals surface area contributed by atoms with E-state index in [2.05, 4.69) is 25.6 Å². The van der Waals surface area contributed by atoms with E-state index >= 15 is 0 Å². The molecule has 0 aliphatic carbocycles. The zero-order valence-electron chi connectivity index (χ0n) is 18.6. The number of thiophene rings is 1. The molecule has 3 N–H and O–H groups in total. The summed E-state index contributed by atoms with van der Waals surface area (Å²) in [6.45, 7) is 0. The first-order chi connectivity index (χ1) is 17.5. The molecule has 0 radical (unpaired) electrons. The number of carbonyl (C=O) groups excluding carboxylic acids is 1. The van der Waals surface area contributed by atoms with Gasteiger partial charge in [0, 0.05) is 33.4 Å². The Morgan fingerprint density at radius 2 is 1.67 bits per heavy atom. The Balaban J connectivity index is 1.35. The van der Waals surface area contributed by atoms with Crippen LogP contribution in [-0.4, -0.2) is 32.1 Å². The summed E-state index contributed by atoms with van der Waals surface area (Å²) in [7, 11) is 0. The van der Waals surface area contributed by atoms with Gasteiger partial charge in [-0.1, -0.05) is 48.0 Å². The minimum atomic E-state index is -0.860.